The maximum atomic E-state index is 10.2. The Hall–Kier alpha value is -0.130. The van der Waals surface area contributed by atoms with Gasteiger partial charge in [0.2, 0.25) is 0 Å². The van der Waals surface area contributed by atoms with Crippen molar-refractivity contribution < 1.29 is 12.6 Å². The van der Waals surface area contributed by atoms with Gasteiger partial charge in [-0.3, -0.25) is 4.18 Å². The first-order valence-corrected chi connectivity index (χ1v) is 5.06. The van der Waals surface area contributed by atoms with Gasteiger partial charge in [-0.25, -0.2) is 5.14 Å². The highest BCUT2D eigenvalue weighted by Crippen LogP contribution is 2.03. The predicted molar refractivity (Wildman–Crippen MR) is 43.1 cm³/mol. The third-order valence-electron chi connectivity index (χ3n) is 1.17. The summed E-state index contributed by atoms with van der Waals surface area (Å²) in [5.74, 6) is 0.569. The third kappa shape index (κ3) is 9.87. The van der Waals surface area contributed by atoms with Crippen LogP contribution in [-0.4, -0.2) is 15.0 Å². The zero-order chi connectivity index (χ0) is 8.91. The molecule has 4 nitrogen and oxygen atoms in total. The maximum absolute atomic E-state index is 10.2. The van der Waals surface area contributed by atoms with Crippen LogP contribution in [-0.2, 0) is 14.5 Å². The Balaban J connectivity index is 3.30. The fourth-order valence-electron chi connectivity index (χ4n) is 0.667. The Bertz CT molecular complexity index is 186. The molecule has 68 valence electrons. The first kappa shape index (κ1) is 10.9. The van der Waals surface area contributed by atoms with Gasteiger partial charge < -0.3 is 0 Å². The molecule has 0 aromatic carbocycles. The van der Waals surface area contributed by atoms with Crippen molar-refractivity contribution in [1.29, 1.82) is 0 Å². The van der Waals surface area contributed by atoms with E-state index in [0.29, 0.717) is 5.92 Å². The number of hydrogen-bond acceptors (Lipinski definition) is 3. The first-order valence-electron chi connectivity index (χ1n) is 3.59. The first-order chi connectivity index (χ1) is 4.92. The minimum atomic E-state index is -3.72. The van der Waals surface area contributed by atoms with E-state index in [4.69, 9.17) is 0 Å². The van der Waals surface area contributed by atoms with Crippen LogP contribution in [0.15, 0.2) is 0 Å². The van der Waals surface area contributed by atoms with Crippen LogP contribution in [0.3, 0.4) is 0 Å². The van der Waals surface area contributed by atoms with E-state index >= 15 is 0 Å². The summed E-state index contributed by atoms with van der Waals surface area (Å²) in [5, 5.41) is 4.60. The molecule has 11 heavy (non-hydrogen) atoms. The van der Waals surface area contributed by atoms with Gasteiger partial charge in [-0.2, -0.15) is 8.42 Å². The summed E-state index contributed by atoms with van der Waals surface area (Å²) in [6.07, 6.45) is 1.68. The summed E-state index contributed by atoms with van der Waals surface area (Å²) in [6, 6.07) is 0. The molecule has 0 unspecified atom stereocenters. The molecule has 0 spiro atoms. The normalized spacial score (nSPS) is 12.4. The molecular formula is C6H15NO3S. The lowest BCUT2D eigenvalue weighted by Gasteiger charge is -2.03. The SMILES string of the molecule is CC(C)CCCOS(N)(=O)=O. The summed E-state index contributed by atoms with van der Waals surface area (Å²) in [5.41, 5.74) is 0. The Kier molecular flexibility index (Phi) is 4.63. The minimum absolute atomic E-state index is 0.191. The Morgan fingerprint density at radius 2 is 2.00 bits per heavy atom. The van der Waals surface area contributed by atoms with E-state index in [9.17, 15) is 8.42 Å². The number of hydrogen-bond donors (Lipinski definition) is 1. The standard InChI is InChI=1S/C6H15NO3S/c1-6(2)4-3-5-10-11(7,8)9/h6H,3-5H2,1-2H3,(H2,7,8,9). The fourth-order valence-corrected chi connectivity index (χ4v) is 1.02. The molecule has 0 heterocycles. The van der Waals surface area contributed by atoms with Crippen LogP contribution in [0.25, 0.3) is 0 Å². The number of rotatable bonds is 5. The molecule has 5 heteroatoms. The quantitative estimate of drug-likeness (QED) is 0.633. The van der Waals surface area contributed by atoms with Crippen molar-refractivity contribution >= 4 is 10.3 Å². The Labute approximate surface area is 68.0 Å². The molecule has 0 radical (unpaired) electrons. The van der Waals surface area contributed by atoms with E-state index in [1.165, 1.54) is 0 Å². The summed E-state index contributed by atoms with van der Waals surface area (Å²) in [4.78, 5) is 0. The molecule has 0 atom stereocenters. The van der Waals surface area contributed by atoms with Gasteiger partial charge in [0, 0.05) is 0 Å². The van der Waals surface area contributed by atoms with Crippen molar-refractivity contribution in [3.05, 3.63) is 0 Å². The molecule has 0 rings (SSSR count). The molecule has 2 N–H and O–H groups in total. The van der Waals surface area contributed by atoms with Crippen LogP contribution in [0.1, 0.15) is 26.7 Å². The van der Waals surface area contributed by atoms with Crippen molar-refractivity contribution in [3.63, 3.8) is 0 Å². The average molecular weight is 181 g/mol. The van der Waals surface area contributed by atoms with Crippen molar-refractivity contribution in [3.8, 4) is 0 Å². The molecule has 0 bridgehead atoms. The molecule has 0 fully saturated rings. The van der Waals surface area contributed by atoms with Gasteiger partial charge in [-0.1, -0.05) is 13.8 Å². The summed E-state index contributed by atoms with van der Waals surface area (Å²) in [7, 11) is -3.72. The molecule has 0 saturated heterocycles. The largest absolute Gasteiger partial charge is 0.333 e. The maximum Gasteiger partial charge on any atom is 0.333 e. The zero-order valence-electron chi connectivity index (χ0n) is 6.91. The molecule has 0 aromatic heterocycles. The molecule has 0 aromatic rings. The lowest BCUT2D eigenvalue weighted by Crippen LogP contribution is -2.16. The lowest BCUT2D eigenvalue weighted by atomic mass is 10.1. The average Bonchev–Trinajstić information content (AvgIpc) is 1.78. The van der Waals surface area contributed by atoms with Crippen LogP contribution < -0.4 is 5.14 Å². The van der Waals surface area contributed by atoms with Crippen molar-refractivity contribution in [2.45, 2.75) is 26.7 Å². The summed E-state index contributed by atoms with van der Waals surface area (Å²) >= 11 is 0. The number of nitrogens with two attached hydrogens (primary N) is 1. The second-order valence-corrected chi connectivity index (χ2v) is 4.07. The Morgan fingerprint density at radius 1 is 1.45 bits per heavy atom. The molecule has 0 aliphatic heterocycles. The molecule has 0 amide bonds. The van der Waals surface area contributed by atoms with Crippen molar-refractivity contribution in [2.24, 2.45) is 11.1 Å². The lowest BCUT2D eigenvalue weighted by molar-refractivity contribution is 0.300. The molecule has 0 aliphatic carbocycles. The second-order valence-electron chi connectivity index (χ2n) is 2.85. The predicted octanol–water partition coefficient (Wildman–Crippen LogP) is 0.643. The summed E-state index contributed by atoms with van der Waals surface area (Å²) < 4.78 is 24.8. The van der Waals surface area contributed by atoms with Gasteiger partial charge in [-0.05, 0) is 18.8 Å². The van der Waals surface area contributed by atoms with Gasteiger partial charge in [-0.15, -0.1) is 0 Å². The van der Waals surface area contributed by atoms with Crippen LogP contribution >= 0.6 is 0 Å². The van der Waals surface area contributed by atoms with E-state index in [1.807, 2.05) is 0 Å². The smallest absolute Gasteiger partial charge is 0.258 e. The zero-order valence-corrected chi connectivity index (χ0v) is 7.73. The highest BCUT2D eigenvalue weighted by molar-refractivity contribution is 7.84. The Morgan fingerprint density at radius 3 is 2.36 bits per heavy atom. The molecule has 0 aliphatic rings. The highest BCUT2D eigenvalue weighted by atomic mass is 32.2. The van der Waals surface area contributed by atoms with Crippen molar-refractivity contribution in [1.82, 2.24) is 0 Å². The van der Waals surface area contributed by atoms with Gasteiger partial charge in [0.05, 0.1) is 6.61 Å². The van der Waals surface area contributed by atoms with Gasteiger partial charge in [0.1, 0.15) is 0 Å². The molecular weight excluding hydrogens is 166 g/mol. The van der Waals surface area contributed by atoms with E-state index < -0.39 is 10.3 Å². The molecule has 0 saturated carbocycles. The monoisotopic (exact) mass is 181 g/mol. The van der Waals surface area contributed by atoms with Crippen molar-refractivity contribution in [2.75, 3.05) is 6.61 Å². The second kappa shape index (κ2) is 4.69. The third-order valence-corrected chi connectivity index (χ3v) is 1.67. The van der Waals surface area contributed by atoms with Gasteiger partial charge >= 0.3 is 10.3 Å². The van der Waals surface area contributed by atoms with E-state index in [0.717, 1.165) is 12.8 Å². The van der Waals surface area contributed by atoms with Crippen LogP contribution in [0, 0.1) is 5.92 Å². The summed E-state index contributed by atoms with van der Waals surface area (Å²) in [6.45, 7) is 4.32. The highest BCUT2D eigenvalue weighted by Gasteiger charge is 2.01. The van der Waals surface area contributed by atoms with E-state index in [-0.39, 0.29) is 6.61 Å². The van der Waals surface area contributed by atoms with Gasteiger partial charge in [0.25, 0.3) is 0 Å². The van der Waals surface area contributed by atoms with Crippen LogP contribution in [0.2, 0.25) is 0 Å². The minimum Gasteiger partial charge on any atom is -0.258 e. The van der Waals surface area contributed by atoms with Crippen LogP contribution in [0.4, 0.5) is 0 Å². The van der Waals surface area contributed by atoms with Gasteiger partial charge in [0.15, 0.2) is 0 Å². The van der Waals surface area contributed by atoms with Crippen LogP contribution in [0.5, 0.6) is 0 Å². The van der Waals surface area contributed by atoms with E-state index in [1.54, 1.807) is 0 Å². The topological polar surface area (TPSA) is 69.4 Å². The fraction of sp³-hybridized carbons (Fsp3) is 1.00. The van der Waals surface area contributed by atoms with E-state index in [2.05, 4.69) is 23.2 Å².